The first kappa shape index (κ1) is 14.0. The van der Waals surface area contributed by atoms with E-state index in [9.17, 15) is 13.2 Å². The molecule has 0 aromatic heterocycles. The molecule has 0 heterocycles. The van der Waals surface area contributed by atoms with Gasteiger partial charge < -0.3 is 5.73 Å². The van der Waals surface area contributed by atoms with E-state index in [0.717, 1.165) is 5.56 Å². The van der Waals surface area contributed by atoms with Crippen molar-refractivity contribution in [1.82, 2.24) is 0 Å². The van der Waals surface area contributed by atoms with Gasteiger partial charge in [-0.05, 0) is 16.5 Å². The van der Waals surface area contributed by atoms with Crippen LogP contribution in [0, 0.1) is 0 Å². The van der Waals surface area contributed by atoms with Gasteiger partial charge >= 0.3 is 6.18 Å². The first-order valence-corrected chi connectivity index (χ1v) is 5.52. The van der Waals surface area contributed by atoms with Crippen molar-refractivity contribution in [2.24, 2.45) is 5.73 Å². The van der Waals surface area contributed by atoms with Crippen LogP contribution in [-0.4, -0.2) is 6.18 Å². The number of halogens is 3. The van der Waals surface area contributed by atoms with Crippen LogP contribution in [0.3, 0.4) is 0 Å². The minimum Gasteiger partial charge on any atom is -0.324 e. The van der Waals surface area contributed by atoms with E-state index in [0.29, 0.717) is 5.56 Å². The number of hydrogen-bond acceptors (Lipinski definition) is 1. The fourth-order valence-electron chi connectivity index (χ4n) is 1.60. The summed E-state index contributed by atoms with van der Waals surface area (Å²) in [5, 5.41) is 0. The summed E-state index contributed by atoms with van der Waals surface area (Å²) in [6.45, 7) is 6.05. The summed E-state index contributed by atoms with van der Waals surface area (Å²) >= 11 is 0. The molecule has 0 unspecified atom stereocenters. The third-order valence-electron chi connectivity index (χ3n) is 2.63. The molecule has 96 valence electrons. The smallest absolute Gasteiger partial charge is 0.324 e. The predicted molar refractivity (Wildman–Crippen MR) is 62.7 cm³/mol. The van der Waals surface area contributed by atoms with Gasteiger partial charge in [0.15, 0.2) is 0 Å². The van der Waals surface area contributed by atoms with Gasteiger partial charge in [-0.3, -0.25) is 0 Å². The van der Waals surface area contributed by atoms with Gasteiger partial charge in [-0.25, -0.2) is 0 Å². The van der Waals surface area contributed by atoms with Crippen molar-refractivity contribution >= 4 is 0 Å². The van der Waals surface area contributed by atoms with E-state index < -0.39 is 18.6 Å². The van der Waals surface area contributed by atoms with E-state index in [2.05, 4.69) is 0 Å². The second-order valence-corrected chi connectivity index (χ2v) is 5.30. The molecule has 2 N–H and O–H groups in total. The normalized spacial score (nSPS) is 14.8. The highest BCUT2D eigenvalue weighted by Crippen LogP contribution is 2.30. The summed E-state index contributed by atoms with van der Waals surface area (Å²) in [5.41, 5.74) is 7.01. The molecule has 1 atom stereocenters. The lowest BCUT2D eigenvalue weighted by Gasteiger charge is -2.21. The first-order valence-electron chi connectivity index (χ1n) is 5.52. The van der Waals surface area contributed by atoms with Crippen molar-refractivity contribution in [3.63, 3.8) is 0 Å². The predicted octanol–water partition coefficient (Wildman–Crippen LogP) is 3.94. The summed E-state index contributed by atoms with van der Waals surface area (Å²) in [6.07, 6.45) is -5.21. The Labute approximate surface area is 99.8 Å². The first-order chi connectivity index (χ1) is 7.59. The van der Waals surface area contributed by atoms with Crippen LogP contribution in [0.1, 0.15) is 44.4 Å². The van der Waals surface area contributed by atoms with E-state index in [-0.39, 0.29) is 5.41 Å². The maximum atomic E-state index is 12.2. The largest absolute Gasteiger partial charge is 0.390 e. The van der Waals surface area contributed by atoms with Crippen molar-refractivity contribution in [2.45, 2.75) is 44.8 Å². The lowest BCUT2D eigenvalue weighted by Crippen LogP contribution is -2.21. The molecular weight excluding hydrogens is 227 g/mol. The van der Waals surface area contributed by atoms with Gasteiger partial charge in [0.1, 0.15) is 0 Å². The molecular formula is C13H18F3N. The van der Waals surface area contributed by atoms with Crippen LogP contribution in [-0.2, 0) is 5.41 Å². The zero-order chi connectivity index (χ0) is 13.3. The second-order valence-electron chi connectivity index (χ2n) is 5.30. The summed E-state index contributed by atoms with van der Waals surface area (Å²) in [6, 6.07) is 6.08. The minimum atomic E-state index is -4.23. The van der Waals surface area contributed by atoms with Crippen molar-refractivity contribution in [1.29, 1.82) is 0 Å². The lowest BCUT2D eigenvalue weighted by atomic mass is 9.85. The molecule has 17 heavy (non-hydrogen) atoms. The Hall–Kier alpha value is -1.03. The molecule has 4 heteroatoms. The molecule has 1 nitrogen and oxygen atoms in total. The van der Waals surface area contributed by atoms with Crippen LogP contribution in [0.2, 0.25) is 0 Å². The Bertz CT molecular complexity index is 377. The highest BCUT2D eigenvalue weighted by molar-refractivity contribution is 5.30. The van der Waals surface area contributed by atoms with Gasteiger partial charge in [-0.1, -0.05) is 45.0 Å². The van der Waals surface area contributed by atoms with Crippen molar-refractivity contribution in [2.75, 3.05) is 0 Å². The molecule has 0 aliphatic carbocycles. The van der Waals surface area contributed by atoms with Gasteiger partial charge in [-0.2, -0.15) is 13.2 Å². The number of hydrogen-bond donors (Lipinski definition) is 1. The number of nitrogens with two attached hydrogens (primary N) is 1. The van der Waals surface area contributed by atoms with E-state index >= 15 is 0 Å². The topological polar surface area (TPSA) is 26.0 Å². The molecule has 0 saturated carbocycles. The zero-order valence-corrected chi connectivity index (χ0v) is 10.3. The van der Waals surface area contributed by atoms with Gasteiger partial charge in [0.2, 0.25) is 0 Å². The van der Waals surface area contributed by atoms with Crippen molar-refractivity contribution < 1.29 is 13.2 Å². The van der Waals surface area contributed by atoms with Crippen LogP contribution < -0.4 is 5.73 Å². The van der Waals surface area contributed by atoms with Gasteiger partial charge in [0.05, 0.1) is 6.42 Å². The maximum absolute atomic E-state index is 12.2. The molecule has 0 aliphatic heterocycles. The van der Waals surface area contributed by atoms with Gasteiger partial charge in [0.25, 0.3) is 0 Å². The highest BCUT2D eigenvalue weighted by atomic mass is 19.4. The Morgan fingerprint density at radius 1 is 1.18 bits per heavy atom. The Balaban J connectivity index is 2.92. The SMILES string of the molecule is CC(C)(C)c1cccc([C@H](N)CC(F)(F)F)c1. The molecule has 0 saturated heterocycles. The van der Waals surface area contributed by atoms with Crippen molar-refractivity contribution in [3.8, 4) is 0 Å². The Kier molecular flexibility index (Phi) is 3.87. The van der Waals surface area contributed by atoms with E-state index in [1.165, 1.54) is 0 Å². The third-order valence-corrected chi connectivity index (χ3v) is 2.63. The zero-order valence-electron chi connectivity index (χ0n) is 10.3. The maximum Gasteiger partial charge on any atom is 0.390 e. The molecule has 0 aliphatic rings. The summed E-state index contributed by atoms with van der Waals surface area (Å²) in [5.74, 6) is 0. The van der Waals surface area contributed by atoms with E-state index in [1.54, 1.807) is 18.2 Å². The standard InChI is InChI=1S/C13H18F3N/c1-12(2,3)10-6-4-5-9(7-10)11(17)8-13(14,15)16/h4-7,11H,8,17H2,1-3H3/t11-/m1/s1. The van der Waals surface area contributed by atoms with Crippen LogP contribution in [0.4, 0.5) is 13.2 Å². The Morgan fingerprint density at radius 3 is 2.24 bits per heavy atom. The van der Waals surface area contributed by atoms with Crippen LogP contribution in [0.25, 0.3) is 0 Å². The second kappa shape index (κ2) is 4.69. The van der Waals surface area contributed by atoms with Crippen LogP contribution in [0.5, 0.6) is 0 Å². The molecule has 0 radical (unpaired) electrons. The van der Waals surface area contributed by atoms with Crippen LogP contribution >= 0.6 is 0 Å². The van der Waals surface area contributed by atoms with E-state index in [1.807, 2.05) is 26.8 Å². The molecule has 0 spiro atoms. The number of benzene rings is 1. The van der Waals surface area contributed by atoms with Crippen LogP contribution in [0.15, 0.2) is 24.3 Å². The summed E-state index contributed by atoms with van der Waals surface area (Å²) in [7, 11) is 0. The lowest BCUT2D eigenvalue weighted by molar-refractivity contribution is -0.138. The quantitative estimate of drug-likeness (QED) is 0.839. The monoisotopic (exact) mass is 245 g/mol. The molecule has 1 aromatic carbocycles. The molecule has 1 aromatic rings. The third kappa shape index (κ3) is 4.38. The fourth-order valence-corrected chi connectivity index (χ4v) is 1.60. The number of alkyl halides is 3. The average molecular weight is 245 g/mol. The summed E-state index contributed by atoms with van der Waals surface area (Å²) in [4.78, 5) is 0. The fraction of sp³-hybridized carbons (Fsp3) is 0.538. The molecule has 0 amide bonds. The summed E-state index contributed by atoms with van der Waals surface area (Å²) < 4.78 is 36.7. The van der Waals surface area contributed by atoms with Crippen molar-refractivity contribution in [3.05, 3.63) is 35.4 Å². The number of rotatable bonds is 2. The minimum absolute atomic E-state index is 0.0893. The Morgan fingerprint density at radius 2 is 1.76 bits per heavy atom. The highest BCUT2D eigenvalue weighted by Gasteiger charge is 2.31. The average Bonchev–Trinajstić information content (AvgIpc) is 2.14. The molecule has 0 bridgehead atoms. The van der Waals surface area contributed by atoms with E-state index in [4.69, 9.17) is 5.73 Å². The molecule has 1 rings (SSSR count). The van der Waals surface area contributed by atoms with Gasteiger partial charge in [0, 0.05) is 6.04 Å². The van der Waals surface area contributed by atoms with Gasteiger partial charge in [-0.15, -0.1) is 0 Å². The molecule has 0 fully saturated rings.